The molecule has 1 aliphatic rings. The zero-order valence-corrected chi connectivity index (χ0v) is 11.0. The van der Waals surface area contributed by atoms with Crippen LogP contribution < -0.4 is 4.90 Å². The Morgan fingerprint density at radius 1 is 1.26 bits per heavy atom. The van der Waals surface area contributed by atoms with Crippen LogP contribution in [0.15, 0.2) is 36.4 Å². The molecule has 1 atom stereocenters. The van der Waals surface area contributed by atoms with Crippen LogP contribution in [0.25, 0.3) is 10.8 Å². The predicted molar refractivity (Wildman–Crippen MR) is 78.3 cm³/mol. The van der Waals surface area contributed by atoms with E-state index in [2.05, 4.69) is 5.92 Å². The van der Waals surface area contributed by atoms with Crippen molar-refractivity contribution in [1.29, 1.82) is 0 Å². The monoisotopic (exact) mass is 269 g/mol. The second kappa shape index (κ2) is 4.60. The van der Waals surface area contributed by atoms with Crippen molar-refractivity contribution in [1.82, 2.24) is 0 Å². The molecule has 2 aromatic rings. The first-order valence-electron chi connectivity index (χ1n) is 6.14. The Labute approximate surface area is 117 Å². The quantitative estimate of drug-likeness (QED) is 0.726. The fourth-order valence-corrected chi connectivity index (χ4v) is 2.83. The highest BCUT2D eigenvalue weighted by Gasteiger charge is 2.30. The van der Waals surface area contributed by atoms with Gasteiger partial charge >= 0.3 is 0 Å². The Morgan fingerprint density at radius 2 is 2.00 bits per heavy atom. The molecule has 0 aliphatic carbocycles. The topological polar surface area (TPSA) is 20.3 Å². The average molecular weight is 270 g/mol. The molecule has 2 aromatic carbocycles. The van der Waals surface area contributed by atoms with E-state index in [0.29, 0.717) is 18.0 Å². The highest BCUT2D eigenvalue weighted by atomic mass is 35.5. The number of nitrogens with zero attached hydrogens (tertiary/aromatic N) is 1. The summed E-state index contributed by atoms with van der Waals surface area (Å²) in [5.41, 5.74) is 0.853. The molecule has 0 spiro atoms. The molecule has 2 nitrogen and oxygen atoms in total. The van der Waals surface area contributed by atoms with Crippen molar-refractivity contribution in [2.45, 2.75) is 6.42 Å². The lowest BCUT2D eigenvalue weighted by atomic mass is 10.1. The Kier molecular flexibility index (Phi) is 2.93. The number of carbonyl (C=O) groups is 1. The molecule has 1 saturated heterocycles. The molecule has 0 aromatic heterocycles. The molecular weight excluding hydrogens is 258 g/mol. The number of fused-ring (bicyclic) bond motifs is 1. The summed E-state index contributed by atoms with van der Waals surface area (Å²) < 4.78 is 0. The first-order valence-corrected chi connectivity index (χ1v) is 6.52. The molecule has 94 valence electrons. The summed E-state index contributed by atoms with van der Waals surface area (Å²) in [7, 11) is 0. The average Bonchev–Trinajstić information content (AvgIpc) is 2.80. The van der Waals surface area contributed by atoms with Gasteiger partial charge in [-0.05, 0) is 17.5 Å². The van der Waals surface area contributed by atoms with E-state index in [4.69, 9.17) is 18.0 Å². The smallest absolute Gasteiger partial charge is 0.228 e. The van der Waals surface area contributed by atoms with Crippen LogP contribution in [0.4, 0.5) is 5.69 Å². The molecule has 3 heteroatoms. The second-order valence-corrected chi connectivity index (χ2v) is 5.09. The molecule has 0 bridgehead atoms. The Balaban J connectivity index is 2.16. The van der Waals surface area contributed by atoms with Crippen LogP contribution in [-0.4, -0.2) is 12.5 Å². The molecule has 1 amide bonds. The third kappa shape index (κ3) is 1.97. The second-order valence-electron chi connectivity index (χ2n) is 4.69. The van der Waals surface area contributed by atoms with Crippen molar-refractivity contribution >= 4 is 34.0 Å². The van der Waals surface area contributed by atoms with E-state index in [-0.39, 0.29) is 11.8 Å². The number of terminal acetylenes is 1. The molecule has 19 heavy (non-hydrogen) atoms. The van der Waals surface area contributed by atoms with Crippen molar-refractivity contribution in [3.63, 3.8) is 0 Å². The number of benzene rings is 2. The molecular formula is C16H12ClNO. The molecule has 1 heterocycles. The Hall–Kier alpha value is -1.98. The zero-order chi connectivity index (χ0) is 13.4. The van der Waals surface area contributed by atoms with E-state index in [1.165, 1.54) is 0 Å². The fourth-order valence-electron chi connectivity index (χ4n) is 2.55. The van der Waals surface area contributed by atoms with Crippen molar-refractivity contribution < 1.29 is 4.79 Å². The first kappa shape index (κ1) is 12.1. The zero-order valence-electron chi connectivity index (χ0n) is 10.3. The number of rotatable bonds is 1. The van der Waals surface area contributed by atoms with Gasteiger partial charge in [-0.3, -0.25) is 4.79 Å². The van der Waals surface area contributed by atoms with Crippen LogP contribution in [0.1, 0.15) is 6.42 Å². The normalized spacial score (nSPS) is 18.8. The standard InChI is InChI=1S/C16H12ClNO/c1-2-11-9-15(19)18(10-11)14-8-4-6-12-5-3-7-13(17)16(12)14/h1,3-8,11H,9-10H2. The number of anilines is 1. The Morgan fingerprint density at radius 3 is 2.68 bits per heavy atom. The number of amides is 1. The van der Waals surface area contributed by atoms with Gasteiger partial charge in [0.1, 0.15) is 0 Å². The minimum absolute atomic E-state index is 0.00903. The van der Waals surface area contributed by atoms with Crippen LogP contribution in [0.3, 0.4) is 0 Å². The van der Waals surface area contributed by atoms with Gasteiger partial charge in [-0.1, -0.05) is 35.9 Å². The van der Waals surface area contributed by atoms with E-state index in [1.54, 1.807) is 4.90 Å². The molecule has 1 fully saturated rings. The molecule has 0 N–H and O–H groups in total. The number of carbonyl (C=O) groups excluding carboxylic acids is 1. The van der Waals surface area contributed by atoms with E-state index in [1.807, 2.05) is 36.4 Å². The summed E-state index contributed by atoms with van der Waals surface area (Å²) in [4.78, 5) is 13.8. The minimum atomic E-state index is -0.00903. The van der Waals surface area contributed by atoms with Gasteiger partial charge in [0.25, 0.3) is 0 Å². The third-order valence-electron chi connectivity index (χ3n) is 3.48. The summed E-state index contributed by atoms with van der Waals surface area (Å²) in [6.07, 6.45) is 5.84. The van der Waals surface area contributed by atoms with Gasteiger partial charge in [0.15, 0.2) is 0 Å². The number of hydrogen-bond donors (Lipinski definition) is 0. The van der Waals surface area contributed by atoms with E-state index in [9.17, 15) is 4.79 Å². The fraction of sp³-hybridized carbons (Fsp3) is 0.188. The highest BCUT2D eigenvalue weighted by molar-refractivity contribution is 6.37. The molecule has 0 radical (unpaired) electrons. The minimum Gasteiger partial charge on any atom is -0.310 e. The summed E-state index contributed by atoms with van der Waals surface area (Å²) in [5, 5.41) is 2.60. The van der Waals surface area contributed by atoms with Gasteiger partial charge in [-0.15, -0.1) is 12.3 Å². The summed E-state index contributed by atoms with van der Waals surface area (Å²) in [6, 6.07) is 11.6. The SMILES string of the molecule is C#CC1CC(=O)N(c2cccc3cccc(Cl)c23)C1. The molecule has 1 unspecified atom stereocenters. The van der Waals surface area contributed by atoms with Crippen LogP contribution in [0, 0.1) is 18.3 Å². The Bertz CT molecular complexity index is 696. The van der Waals surface area contributed by atoms with Crippen molar-refractivity contribution in [2.75, 3.05) is 11.4 Å². The van der Waals surface area contributed by atoms with E-state index < -0.39 is 0 Å². The lowest BCUT2D eigenvalue weighted by molar-refractivity contribution is -0.117. The van der Waals surface area contributed by atoms with Crippen LogP contribution in [-0.2, 0) is 4.79 Å². The maximum atomic E-state index is 12.1. The van der Waals surface area contributed by atoms with Crippen LogP contribution >= 0.6 is 11.6 Å². The van der Waals surface area contributed by atoms with Gasteiger partial charge in [0, 0.05) is 24.3 Å². The van der Waals surface area contributed by atoms with E-state index in [0.717, 1.165) is 16.5 Å². The van der Waals surface area contributed by atoms with Gasteiger partial charge in [0.05, 0.1) is 10.7 Å². The molecule has 3 rings (SSSR count). The lowest BCUT2D eigenvalue weighted by Gasteiger charge is -2.19. The molecule has 0 saturated carbocycles. The van der Waals surface area contributed by atoms with Gasteiger partial charge in [-0.2, -0.15) is 0 Å². The van der Waals surface area contributed by atoms with Crippen molar-refractivity contribution in [2.24, 2.45) is 5.92 Å². The maximum absolute atomic E-state index is 12.1. The van der Waals surface area contributed by atoms with Gasteiger partial charge < -0.3 is 4.90 Å². The number of halogens is 1. The molecule has 1 aliphatic heterocycles. The largest absolute Gasteiger partial charge is 0.310 e. The summed E-state index contributed by atoms with van der Waals surface area (Å²) >= 11 is 6.28. The maximum Gasteiger partial charge on any atom is 0.228 e. The third-order valence-corrected chi connectivity index (χ3v) is 3.80. The van der Waals surface area contributed by atoms with Gasteiger partial charge in [0.2, 0.25) is 5.91 Å². The summed E-state index contributed by atoms with van der Waals surface area (Å²) in [6.45, 7) is 0.569. The summed E-state index contributed by atoms with van der Waals surface area (Å²) in [5.74, 6) is 2.72. The lowest BCUT2D eigenvalue weighted by Crippen LogP contribution is -2.24. The van der Waals surface area contributed by atoms with Crippen molar-refractivity contribution in [3.8, 4) is 12.3 Å². The van der Waals surface area contributed by atoms with E-state index >= 15 is 0 Å². The predicted octanol–water partition coefficient (Wildman–Crippen LogP) is 3.48. The van der Waals surface area contributed by atoms with Crippen molar-refractivity contribution in [3.05, 3.63) is 41.4 Å². The van der Waals surface area contributed by atoms with Crippen LogP contribution in [0.5, 0.6) is 0 Å². The number of hydrogen-bond acceptors (Lipinski definition) is 1. The highest BCUT2D eigenvalue weighted by Crippen LogP contribution is 2.35. The van der Waals surface area contributed by atoms with Crippen LogP contribution in [0.2, 0.25) is 5.02 Å². The first-order chi connectivity index (χ1) is 9.20. The van der Waals surface area contributed by atoms with Gasteiger partial charge in [-0.25, -0.2) is 0 Å².